The number of H-pyrrole nitrogens is 1. The second kappa shape index (κ2) is 13.2. The van der Waals surface area contributed by atoms with E-state index in [1.54, 1.807) is 30.9 Å². The number of likely N-dealkylation sites (tertiary alicyclic amines) is 1. The lowest BCUT2D eigenvalue weighted by Crippen LogP contribution is -2.42. The summed E-state index contributed by atoms with van der Waals surface area (Å²) in [5.41, 5.74) is 4.82. The number of anilines is 2. The Bertz CT molecular complexity index is 1800. The summed E-state index contributed by atoms with van der Waals surface area (Å²) in [4.78, 5) is 35.1. The van der Waals surface area contributed by atoms with Crippen LogP contribution in [0.3, 0.4) is 0 Å². The molecule has 5 aromatic rings. The molecule has 3 N–H and O–H groups in total. The number of pyridine rings is 2. The number of hydrogen-bond acceptors (Lipinski definition) is 9. The topological polar surface area (TPSA) is 136 Å². The number of aromatic amines is 1. The number of fused-ring (bicyclic) bond motifs is 1. The van der Waals surface area contributed by atoms with Crippen molar-refractivity contribution in [1.82, 2.24) is 35.0 Å². The third-order valence-electron chi connectivity index (χ3n) is 9.26. The molecule has 0 aliphatic carbocycles. The summed E-state index contributed by atoms with van der Waals surface area (Å²) in [6.45, 7) is 8.03. The van der Waals surface area contributed by atoms with Crippen LogP contribution in [0.4, 0.5) is 11.5 Å². The fourth-order valence-electron chi connectivity index (χ4n) is 6.58. The normalized spacial score (nSPS) is 18.1. The zero-order valence-electron chi connectivity index (χ0n) is 25.6. The zero-order valence-corrected chi connectivity index (χ0v) is 25.6. The van der Waals surface area contributed by atoms with Crippen molar-refractivity contribution in [1.29, 1.82) is 0 Å². The molecule has 2 saturated heterocycles. The molecule has 0 radical (unpaired) electrons. The molecule has 2 unspecified atom stereocenters. The molecule has 6 heterocycles. The molecule has 234 valence electrons. The number of amides is 1. The van der Waals surface area contributed by atoms with Gasteiger partial charge in [0.1, 0.15) is 11.5 Å². The van der Waals surface area contributed by atoms with Gasteiger partial charge in [-0.25, -0.2) is 15.0 Å². The Balaban J connectivity index is 0.889. The average Bonchev–Trinajstić information content (AvgIpc) is 3.76. The maximum atomic E-state index is 13.2. The lowest BCUT2D eigenvalue weighted by Gasteiger charge is -2.36. The molecule has 0 saturated carbocycles. The highest BCUT2D eigenvalue weighted by molar-refractivity contribution is 6.05. The molecule has 2 atom stereocenters. The zero-order chi connectivity index (χ0) is 31.5. The Labute approximate surface area is 267 Å². The maximum Gasteiger partial charge on any atom is 0.251 e. The molecule has 11 heteroatoms. The standard InChI is InChI=1S/C35H37N9O2/c1-23(35(46)40-28-4-5-30-29(19-28)33(42-41-30)25-7-14-36-15-8-25)27-9-16-43(21-27)22-31(45)24-10-17-44(18-11-24)32-6-3-26(20-39-32)34-37-12-2-13-38-34/h2-8,12-15,19-20,24,27,31,45H,1,9-11,16-18,21-22H2,(H,40,46)(H,41,42). The molecule has 1 amide bonds. The summed E-state index contributed by atoms with van der Waals surface area (Å²) in [7, 11) is 0. The first kappa shape index (κ1) is 29.7. The van der Waals surface area contributed by atoms with Gasteiger partial charge in [-0.2, -0.15) is 5.10 Å². The number of aliphatic hydroxyl groups excluding tert-OH is 1. The summed E-state index contributed by atoms with van der Waals surface area (Å²) < 4.78 is 0. The molecule has 0 spiro atoms. The van der Waals surface area contributed by atoms with Gasteiger partial charge in [0.2, 0.25) is 0 Å². The van der Waals surface area contributed by atoms with Crippen LogP contribution in [-0.2, 0) is 4.79 Å². The van der Waals surface area contributed by atoms with Crippen LogP contribution in [0.15, 0.2) is 91.7 Å². The van der Waals surface area contributed by atoms with Crippen LogP contribution < -0.4 is 10.2 Å². The minimum atomic E-state index is -0.412. The third-order valence-corrected chi connectivity index (χ3v) is 9.26. The predicted octanol–water partition coefficient (Wildman–Crippen LogP) is 4.57. The van der Waals surface area contributed by atoms with E-state index in [-0.39, 0.29) is 17.7 Å². The number of rotatable bonds is 9. The molecule has 46 heavy (non-hydrogen) atoms. The first-order chi connectivity index (χ1) is 22.5. The van der Waals surface area contributed by atoms with Gasteiger partial charge in [-0.1, -0.05) is 6.58 Å². The van der Waals surface area contributed by atoms with Crippen LogP contribution in [-0.4, -0.2) is 84.9 Å². The molecule has 2 aliphatic rings. The summed E-state index contributed by atoms with van der Waals surface area (Å²) in [5, 5.41) is 22.6. The second-order valence-corrected chi connectivity index (χ2v) is 12.2. The van der Waals surface area contributed by atoms with Gasteiger partial charge in [-0.3, -0.25) is 14.9 Å². The first-order valence-electron chi connectivity index (χ1n) is 15.8. The smallest absolute Gasteiger partial charge is 0.251 e. The minimum absolute atomic E-state index is 0.0504. The molecule has 4 aromatic heterocycles. The number of piperidine rings is 1. The van der Waals surface area contributed by atoms with Crippen LogP contribution in [0.2, 0.25) is 0 Å². The molecule has 11 nitrogen and oxygen atoms in total. The fourth-order valence-corrected chi connectivity index (χ4v) is 6.58. The van der Waals surface area contributed by atoms with E-state index in [9.17, 15) is 9.90 Å². The second-order valence-electron chi connectivity index (χ2n) is 12.2. The number of carbonyl (C=O) groups is 1. The monoisotopic (exact) mass is 615 g/mol. The van der Waals surface area contributed by atoms with Gasteiger partial charge in [0, 0.05) is 90.9 Å². The fraction of sp³-hybridized carbons (Fsp3) is 0.314. The van der Waals surface area contributed by atoms with E-state index in [1.165, 1.54) is 0 Å². The number of aliphatic hydroxyl groups is 1. The first-order valence-corrected chi connectivity index (χ1v) is 15.8. The van der Waals surface area contributed by atoms with Crippen molar-refractivity contribution in [2.24, 2.45) is 11.8 Å². The highest BCUT2D eigenvalue weighted by atomic mass is 16.3. The third kappa shape index (κ3) is 6.37. The number of carbonyl (C=O) groups excluding carboxylic acids is 1. The average molecular weight is 616 g/mol. The highest BCUT2D eigenvalue weighted by Crippen LogP contribution is 2.31. The van der Waals surface area contributed by atoms with Gasteiger partial charge in [0.15, 0.2) is 5.82 Å². The maximum absolute atomic E-state index is 13.2. The Morgan fingerprint density at radius 1 is 0.978 bits per heavy atom. The number of nitrogens with zero attached hydrogens (tertiary/aromatic N) is 7. The Hall–Kier alpha value is -5.00. The van der Waals surface area contributed by atoms with E-state index in [1.807, 2.05) is 48.7 Å². The van der Waals surface area contributed by atoms with E-state index >= 15 is 0 Å². The number of hydrogen-bond donors (Lipinski definition) is 3. The molecular weight excluding hydrogens is 578 g/mol. The van der Waals surface area contributed by atoms with E-state index in [0.29, 0.717) is 23.6 Å². The summed E-state index contributed by atoms with van der Waals surface area (Å²) >= 11 is 0. The number of β-amino-alcohol motifs (C(OH)–C–C–N with tert-alkyl or cyclic N) is 1. The van der Waals surface area contributed by atoms with E-state index < -0.39 is 6.10 Å². The molecule has 1 aromatic carbocycles. The van der Waals surface area contributed by atoms with Crippen LogP contribution in [0.1, 0.15) is 19.3 Å². The van der Waals surface area contributed by atoms with Crippen molar-refractivity contribution in [3.05, 3.63) is 91.7 Å². The van der Waals surface area contributed by atoms with E-state index in [0.717, 1.165) is 79.0 Å². The predicted molar refractivity (Wildman–Crippen MR) is 178 cm³/mol. The van der Waals surface area contributed by atoms with E-state index in [4.69, 9.17) is 0 Å². The van der Waals surface area contributed by atoms with Gasteiger partial charge in [0.25, 0.3) is 5.91 Å². The van der Waals surface area contributed by atoms with Gasteiger partial charge in [-0.15, -0.1) is 0 Å². The minimum Gasteiger partial charge on any atom is -0.392 e. The van der Waals surface area contributed by atoms with Crippen LogP contribution in [0, 0.1) is 11.8 Å². The van der Waals surface area contributed by atoms with Crippen LogP contribution in [0.5, 0.6) is 0 Å². The van der Waals surface area contributed by atoms with Gasteiger partial charge in [0.05, 0.1) is 11.6 Å². The van der Waals surface area contributed by atoms with Crippen molar-refractivity contribution in [3.63, 3.8) is 0 Å². The highest BCUT2D eigenvalue weighted by Gasteiger charge is 2.32. The number of benzene rings is 1. The van der Waals surface area contributed by atoms with E-state index in [2.05, 4.69) is 51.8 Å². The van der Waals surface area contributed by atoms with Crippen molar-refractivity contribution >= 4 is 28.3 Å². The number of aromatic nitrogens is 6. The molecule has 2 aliphatic heterocycles. The largest absolute Gasteiger partial charge is 0.392 e. The summed E-state index contributed by atoms with van der Waals surface area (Å²) in [5.74, 6) is 1.71. The lowest BCUT2D eigenvalue weighted by molar-refractivity contribution is -0.113. The Kier molecular flexibility index (Phi) is 8.49. The molecular formula is C35H37N9O2. The lowest BCUT2D eigenvalue weighted by atomic mass is 9.91. The quantitative estimate of drug-likeness (QED) is 0.204. The van der Waals surface area contributed by atoms with Crippen molar-refractivity contribution in [2.45, 2.75) is 25.4 Å². The van der Waals surface area contributed by atoms with Crippen molar-refractivity contribution in [2.75, 3.05) is 42.9 Å². The van der Waals surface area contributed by atoms with Crippen LogP contribution in [0.25, 0.3) is 33.5 Å². The number of nitrogens with one attached hydrogen (secondary N) is 2. The van der Waals surface area contributed by atoms with Crippen molar-refractivity contribution < 1.29 is 9.90 Å². The summed E-state index contributed by atoms with van der Waals surface area (Å²) in [6, 6.07) is 15.4. The SMILES string of the molecule is C=C(C(=O)Nc1ccc2[nH]nc(-c3ccncc3)c2c1)C1CCN(CC(O)C2CCN(c3ccc(-c4ncccn4)cn3)CC2)C1. The Morgan fingerprint density at radius 2 is 1.78 bits per heavy atom. The van der Waals surface area contributed by atoms with Gasteiger partial charge >= 0.3 is 0 Å². The Morgan fingerprint density at radius 3 is 2.54 bits per heavy atom. The van der Waals surface area contributed by atoms with Crippen molar-refractivity contribution in [3.8, 4) is 22.6 Å². The molecule has 0 bridgehead atoms. The molecule has 7 rings (SSSR count). The summed E-state index contributed by atoms with van der Waals surface area (Å²) in [6.07, 6.45) is 11.0. The van der Waals surface area contributed by atoms with Gasteiger partial charge < -0.3 is 20.2 Å². The van der Waals surface area contributed by atoms with Crippen LogP contribution >= 0.6 is 0 Å². The molecule has 2 fully saturated rings. The van der Waals surface area contributed by atoms with Gasteiger partial charge in [-0.05, 0) is 80.3 Å².